The van der Waals surface area contributed by atoms with Crippen molar-refractivity contribution in [1.82, 2.24) is 4.98 Å². The molecule has 0 atom stereocenters. The van der Waals surface area contributed by atoms with E-state index in [1.807, 2.05) is 31.3 Å². The number of ether oxygens (including phenoxy) is 2. The van der Waals surface area contributed by atoms with Gasteiger partial charge >= 0.3 is 5.97 Å². The second-order valence-corrected chi connectivity index (χ2v) is 7.38. The van der Waals surface area contributed by atoms with Crippen molar-refractivity contribution in [1.29, 1.82) is 0 Å². The number of carbonyl (C=O) groups is 1. The lowest BCUT2D eigenvalue weighted by atomic mass is 10.1. The number of esters is 1. The van der Waals surface area contributed by atoms with Crippen molar-refractivity contribution < 1.29 is 14.3 Å². The van der Waals surface area contributed by atoms with Crippen LogP contribution in [0.1, 0.15) is 22.3 Å². The van der Waals surface area contributed by atoms with Gasteiger partial charge in [0.15, 0.2) is 0 Å². The van der Waals surface area contributed by atoms with Gasteiger partial charge < -0.3 is 19.7 Å². The van der Waals surface area contributed by atoms with Crippen molar-refractivity contribution in [2.24, 2.45) is 0 Å². The number of benzene rings is 2. The highest BCUT2D eigenvalue weighted by atomic mass is 35.5. The summed E-state index contributed by atoms with van der Waals surface area (Å²) in [6.45, 7) is 0.821. The molecule has 162 valence electrons. The Morgan fingerprint density at radius 3 is 2.61 bits per heavy atom. The minimum absolute atomic E-state index is 0.359. The molecule has 31 heavy (non-hydrogen) atoms. The number of nitrogens with zero attached hydrogens (tertiary/aromatic N) is 2. The van der Waals surface area contributed by atoms with Crippen molar-refractivity contribution in [2.45, 2.75) is 12.8 Å². The zero-order valence-electron chi connectivity index (χ0n) is 17.9. The second kappa shape index (κ2) is 10.7. The van der Waals surface area contributed by atoms with Crippen LogP contribution in [0, 0.1) is 0 Å². The Morgan fingerprint density at radius 2 is 1.90 bits per heavy atom. The SMILES string of the molecule is CN(c1ccc(Cl)cc1)c1ccc2c(c1)OCCC2.CNc1cnccc1C(=O)OC. The summed E-state index contributed by atoms with van der Waals surface area (Å²) in [6, 6.07) is 15.9. The molecule has 2 aromatic carbocycles. The highest BCUT2D eigenvalue weighted by molar-refractivity contribution is 6.30. The molecule has 7 heteroatoms. The number of pyridine rings is 1. The quantitative estimate of drug-likeness (QED) is 0.553. The fourth-order valence-electron chi connectivity index (χ4n) is 3.23. The molecule has 1 N–H and O–H groups in total. The molecule has 6 nitrogen and oxygen atoms in total. The van der Waals surface area contributed by atoms with E-state index in [4.69, 9.17) is 16.3 Å². The molecule has 0 spiro atoms. The summed E-state index contributed by atoms with van der Waals surface area (Å²) >= 11 is 5.92. The van der Waals surface area contributed by atoms with E-state index in [9.17, 15) is 4.79 Å². The molecule has 1 aromatic heterocycles. The summed E-state index contributed by atoms with van der Waals surface area (Å²) in [5.41, 5.74) is 4.71. The van der Waals surface area contributed by atoms with E-state index >= 15 is 0 Å². The first kappa shape index (κ1) is 22.4. The molecule has 0 bridgehead atoms. The third-order valence-electron chi connectivity index (χ3n) is 5.00. The molecule has 2 heterocycles. The number of halogens is 1. The van der Waals surface area contributed by atoms with Crippen LogP contribution in [0.4, 0.5) is 17.1 Å². The third kappa shape index (κ3) is 5.67. The lowest BCUT2D eigenvalue weighted by molar-refractivity contribution is 0.0601. The smallest absolute Gasteiger partial charge is 0.340 e. The molecule has 0 radical (unpaired) electrons. The number of nitrogens with one attached hydrogen (secondary N) is 1. The number of aromatic nitrogens is 1. The maximum Gasteiger partial charge on any atom is 0.340 e. The van der Waals surface area contributed by atoms with Crippen molar-refractivity contribution in [3.8, 4) is 5.75 Å². The minimum Gasteiger partial charge on any atom is -0.493 e. The first-order valence-corrected chi connectivity index (χ1v) is 10.4. The van der Waals surface area contributed by atoms with Crippen molar-refractivity contribution in [2.75, 3.05) is 38.0 Å². The summed E-state index contributed by atoms with van der Waals surface area (Å²) in [5.74, 6) is 0.659. The van der Waals surface area contributed by atoms with E-state index < -0.39 is 0 Å². The molecule has 0 amide bonds. The summed E-state index contributed by atoms with van der Waals surface area (Å²) in [6.07, 6.45) is 5.35. The van der Waals surface area contributed by atoms with Gasteiger partial charge in [-0.2, -0.15) is 0 Å². The molecule has 0 fully saturated rings. The van der Waals surface area contributed by atoms with Crippen molar-refractivity contribution in [3.63, 3.8) is 0 Å². The van der Waals surface area contributed by atoms with Gasteiger partial charge in [-0.1, -0.05) is 17.7 Å². The predicted octanol–water partition coefficient (Wildman–Crippen LogP) is 5.34. The zero-order chi connectivity index (χ0) is 22.2. The monoisotopic (exact) mass is 439 g/mol. The molecular weight excluding hydrogens is 414 g/mol. The second-order valence-electron chi connectivity index (χ2n) is 6.94. The van der Waals surface area contributed by atoms with E-state index in [2.05, 4.69) is 38.1 Å². The van der Waals surface area contributed by atoms with Crippen LogP contribution in [0.3, 0.4) is 0 Å². The Hall–Kier alpha value is -3.25. The standard InChI is InChI=1S/C16H16ClNO.C8H10N2O2/c1-18(14-8-5-13(17)6-9-14)15-7-4-12-3-2-10-19-16(12)11-15;1-9-7-5-10-4-3-6(7)8(11)12-2/h4-9,11H,2-3,10H2,1H3;3-5,9H,1-2H3. The van der Waals surface area contributed by atoms with Gasteiger partial charge in [0.05, 0.1) is 31.2 Å². The number of rotatable bonds is 4. The van der Waals surface area contributed by atoms with Gasteiger partial charge in [-0.15, -0.1) is 0 Å². The number of methoxy groups -OCH3 is 1. The van der Waals surface area contributed by atoms with Crippen LogP contribution in [0.2, 0.25) is 5.02 Å². The van der Waals surface area contributed by atoms with Gasteiger partial charge in [0.25, 0.3) is 0 Å². The van der Waals surface area contributed by atoms with Crippen LogP contribution >= 0.6 is 11.6 Å². The largest absolute Gasteiger partial charge is 0.493 e. The highest BCUT2D eigenvalue weighted by Crippen LogP contribution is 2.32. The van der Waals surface area contributed by atoms with Gasteiger partial charge in [-0.05, 0) is 54.8 Å². The summed E-state index contributed by atoms with van der Waals surface area (Å²) in [7, 11) is 5.12. The summed E-state index contributed by atoms with van der Waals surface area (Å²) < 4.78 is 10.3. The minimum atomic E-state index is -0.359. The predicted molar refractivity (Wildman–Crippen MR) is 125 cm³/mol. The Morgan fingerprint density at radius 1 is 1.16 bits per heavy atom. The molecule has 3 aromatic rings. The van der Waals surface area contributed by atoms with Crippen LogP contribution in [0.25, 0.3) is 0 Å². The summed E-state index contributed by atoms with van der Waals surface area (Å²) in [4.78, 5) is 17.1. The molecule has 0 saturated carbocycles. The average molecular weight is 440 g/mol. The van der Waals surface area contributed by atoms with Crippen LogP contribution in [0.5, 0.6) is 5.75 Å². The molecule has 1 aliphatic heterocycles. The van der Waals surface area contributed by atoms with Gasteiger partial charge in [0, 0.05) is 42.8 Å². The first-order valence-electron chi connectivity index (χ1n) is 9.98. The molecule has 0 aliphatic carbocycles. The van der Waals surface area contributed by atoms with Gasteiger partial charge in [0.1, 0.15) is 5.75 Å². The Kier molecular flexibility index (Phi) is 7.73. The van der Waals surface area contributed by atoms with E-state index in [0.717, 1.165) is 41.6 Å². The van der Waals surface area contributed by atoms with Gasteiger partial charge in [-0.25, -0.2) is 4.79 Å². The maximum atomic E-state index is 11.1. The van der Waals surface area contributed by atoms with E-state index in [1.54, 1.807) is 25.5 Å². The lowest BCUT2D eigenvalue weighted by Crippen LogP contribution is -2.12. The normalized spacial score (nSPS) is 11.9. The molecule has 4 rings (SSSR count). The first-order chi connectivity index (χ1) is 15.0. The summed E-state index contributed by atoms with van der Waals surface area (Å²) in [5, 5.41) is 3.60. The molecular formula is C24H26ClN3O3. The van der Waals surface area contributed by atoms with E-state index in [1.165, 1.54) is 12.7 Å². The molecule has 0 saturated heterocycles. The van der Waals surface area contributed by atoms with Crippen LogP contribution in [0.15, 0.2) is 60.9 Å². The van der Waals surface area contributed by atoms with Gasteiger partial charge in [0.2, 0.25) is 0 Å². The van der Waals surface area contributed by atoms with Crippen LogP contribution in [-0.2, 0) is 11.2 Å². The molecule has 0 unspecified atom stereocenters. The Labute approximate surface area is 187 Å². The Bertz CT molecular complexity index is 1020. The number of fused-ring (bicyclic) bond motifs is 1. The van der Waals surface area contributed by atoms with E-state index in [0.29, 0.717) is 11.3 Å². The number of hydrogen-bond donors (Lipinski definition) is 1. The maximum absolute atomic E-state index is 11.1. The number of anilines is 3. The average Bonchev–Trinajstić information content (AvgIpc) is 2.83. The highest BCUT2D eigenvalue weighted by Gasteiger charge is 2.13. The fraction of sp³-hybridized carbons (Fsp3) is 0.250. The van der Waals surface area contributed by atoms with Crippen molar-refractivity contribution in [3.05, 3.63) is 77.1 Å². The van der Waals surface area contributed by atoms with E-state index in [-0.39, 0.29) is 5.97 Å². The number of carbonyl (C=O) groups excluding carboxylic acids is 1. The zero-order valence-corrected chi connectivity index (χ0v) is 18.6. The lowest BCUT2D eigenvalue weighted by Gasteiger charge is -2.23. The topological polar surface area (TPSA) is 63.7 Å². The number of hydrogen-bond acceptors (Lipinski definition) is 6. The van der Waals surface area contributed by atoms with Crippen molar-refractivity contribution >= 4 is 34.6 Å². The number of aryl methyl sites for hydroxylation is 1. The fourth-order valence-corrected chi connectivity index (χ4v) is 3.36. The van der Waals surface area contributed by atoms with Crippen LogP contribution < -0.4 is 15.0 Å². The van der Waals surface area contributed by atoms with Gasteiger partial charge in [-0.3, -0.25) is 4.98 Å². The third-order valence-corrected chi connectivity index (χ3v) is 5.25. The van der Waals surface area contributed by atoms with Crippen LogP contribution in [-0.4, -0.2) is 38.8 Å². The Balaban J connectivity index is 0.000000196. The molecule has 1 aliphatic rings.